The number of rotatable bonds is 5. The van der Waals surface area contributed by atoms with E-state index >= 15 is 0 Å². The molecule has 14 heavy (non-hydrogen) atoms. The Morgan fingerprint density at radius 3 is 2.79 bits per heavy atom. The van der Waals surface area contributed by atoms with Gasteiger partial charge in [0, 0.05) is 11.3 Å². The van der Waals surface area contributed by atoms with Crippen LogP contribution in [0.1, 0.15) is 12.8 Å². The maximum absolute atomic E-state index is 10.5. The van der Waals surface area contributed by atoms with Gasteiger partial charge in [0.25, 0.3) is 0 Å². The molecule has 2 N–H and O–H groups in total. The standard InChI is InChI=1S/C10H12ClNOS/c11-8-4-1-2-5-9(8)14-7-3-6-10(12)13/h1-2,4-5H,3,6-7H2,(H2,12,13). The second kappa shape index (κ2) is 5.94. The molecule has 4 heteroatoms. The molecule has 0 aliphatic heterocycles. The molecule has 76 valence electrons. The van der Waals surface area contributed by atoms with Gasteiger partial charge in [0.1, 0.15) is 0 Å². The number of carbonyl (C=O) groups excluding carboxylic acids is 1. The van der Waals surface area contributed by atoms with Crippen LogP contribution in [-0.2, 0) is 4.79 Å². The van der Waals surface area contributed by atoms with Crippen LogP contribution in [0.5, 0.6) is 0 Å². The molecule has 0 bridgehead atoms. The van der Waals surface area contributed by atoms with E-state index in [1.807, 2.05) is 24.3 Å². The molecule has 1 rings (SSSR count). The van der Waals surface area contributed by atoms with Crippen LogP contribution < -0.4 is 5.73 Å². The largest absolute Gasteiger partial charge is 0.370 e. The summed E-state index contributed by atoms with van der Waals surface area (Å²) in [6.45, 7) is 0. The molecular formula is C10H12ClNOS. The minimum absolute atomic E-state index is 0.246. The van der Waals surface area contributed by atoms with Crippen molar-refractivity contribution in [2.45, 2.75) is 17.7 Å². The summed E-state index contributed by atoms with van der Waals surface area (Å²) in [6, 6.07) is 7.67. The maximum atomic E-state index is 10.5. The average molecular weight is 230 g/mol. The number of hydrogen-bond acceptors (Lipinski definition) is 2. The molecule has 0 radical (unpaired) electrons. The summed E-state index contributed by atoms with van der Waals surface area (Å²) in [5.74, 6) is 0.622. The summed E-state index contributed by atoms with van der Waals surface area (Å²) in [6.07, 6.45) is 1.24. The van der Waals surface area contributed by atoms with E-state index in [2.05, 4.69) is 0 Å². The highest BCUT2D eigenvalue weighted by Crippen LogP contribution is 2.26. The maximum Gasteiger partial charge on any atom is 0.217 e. The Balaban J connectivity index is 2.31. The molecule has 0 saturated heterocycles. The molecule has 0 aliphatic rings. The normalized spacial score (nSPS) is 10.1. The van der Waals surface area contributed by atoms with E-state index in [4.69, 9.17) is 17.3 Å². The Morgan fingerprint density at radius 2 is 2.14 bits per heavy atom. The van der Waals surface area contributed by atoms with Crippen LogP contribution >= 0.6 is 23.4 Å². The highest BCUT2D eigenvalue weighted by atomic mass is 35.5. The van der Waals surface area contributed by atoms with Gasteiger partial charge in [-0.15, -0.1) is 11.8 Å². The number of thioether (sulfide) groups is 1. The fourth-order valence-corrected chi connectivity index (χ4v) is 2.18. The van der Waals surface area contributed by atoms with Crippen molar-refractivity contribution < 1.29 is 4.79 Å². The average Bonchev–Trinajstić information content (AvgIpc) is 2.15. The first-order valence-corrected chi connectivity index (χ1v) is 5.72. The van der Waals surface area contributed by atoms with Crippen molar-refractivity contribution in [3.63, 3.8) is 0 Å². The Morgan fingerprint density at radius 1 is 1.43 bits per heavy atom. The Bertz CT molecular complexity index is 317. The molecule has 0 heterocycles. The number of nitrogens with two attached hydrogens (primary N) is 1. The smallest absolute Gasteiger partial charge is 0.217 e. The first-order valence-electron chi connectivity index (χ1n) is 4.36. The summed E-state index contributed by atoms with van der Waals surface area (Å²) in [5.41, 5.74) is 5.03. The van der Waals surface area contributed by atoms with Gasteiger partial charge in [0.2, 0.25) is 5.91 Å². The zero-order valence-corrected chi connectivity index (χ0v) is 9.27. The van der Waals surface area contributed by atoms with E-state index in [0.717, 1.165) is 22.1 Å². The molecule has 0 saturated carbocycles. The highest BCUT2D eigenvalue weighted by Gasteiger charge is 2.00. The van der Waals surface area contributed by atoms with Crippen molar-refractivity contribution in [1.82, 2.24) is 0 Å². The van der Waals surface area contributed by atoms with E-state index < -0.39 is 0 Å². The van der Waals surface area contributed by atoms with E-state index in [0.29, 0.717) is 6.42 Å². The van der Waals surface area contributed by atoms with Gasteiger partial charge in [-0.05, 0) is 24.3 Å². The number of carbonyl (C=O) groups is 1. The van der Waals surface area contributed by atoms with E-state index in [1.165, 1.54) is 0 Å². The van der Waals surface area contributed by atoms with Crippen molar-refractivity contribution in [2.75, 3.05) is 5.75 Å². The number of halogens is 1. The van der Waals surface area contributed by atoms with Crippen LogP contribution in [0, 0.1) is 0 Å². The predicted octanol–water partition coefficient (Wildman–Crippen LogP) is 2.70. The van der Waals surface area contributed by atoms with Crippen molar-refractivity contribution in [1.29, 1.82) is 0 Å². The second-order valence-corrected chi connectivity index (χ2v) is 4.39. The molecule has 0 aliphatic carbocycles. The van der Waals surface area contributed by atoms with E-state index in [9.17, 15) is 4.79 Å². The van der Waals surface area contributed by atoms with Crippen LogP contribution in [0.4, 0.5) is 0 Å². The number of amides is 1. The first-order chi connectivity index (χ1) is 6.70. The minimum Gasteiger partial charge on any atom is -0.370 e. The fraction of sp³-hybridized carbons (Fsp3) is 0.300. The van der Waals surface area contributed by atoms with Crippen LogP contribution in [0.25, 0.3) is 0 Å². The van der Waals surface area contributed by atoms with Gasteiger partial charge in [-0.2, -0.15) is 0 Å². The molecule has 1 amide bonds. The summed E-state index contributed by atoms with van der Waals surface area (Å²) < 4.78 is 0. The van der Waals surface area contributed by atoms with Crippen molar-refractivity contribution in [2.24, 2.45) is 5.73 Å². The van der Waals surface area contributed by atoms with Gasteiger partial charge in [-0.3, -0.25) is 4.79 Å². The SMILES string of the molecule is NC(=O)CCCSc1ccccc1Cl. The van der Waals surface area contributed by atoms with Crippen LogP contribution in [0.2, 0.25) is 5.02 Å². The molecule has 1 aromatic carbocycles. The lowest BCUT2D eigenvalue weighted by Crippen LogP contribution is -2.09. The summed E-state index contributed by atoms with van der Waals surface area (Å²) in [5, 5.41) is 0.761. The highest BCUT2D eigenvalue weighted by molar-refractivity contribution is 7.99. The third-order valence-electron chi connectivity index (χ3n) is 1.66. The molecule has 0 atom stereocenters. The van der Waals surface area contributed by atoms with Gasteiger partial charge in [0.15, 0.2) is 0 Å². The molecular weight excluding hydrogens is 218 g/mol. The zero-order chi connectivity index (χ0) is 10.4. The summed E-state index contributed by atoms with van der Waals surface area (Å²) in [7, 11) is 0. The summed E-state index contributed by atoms with van der Waals surface area (Å²) >= 11 is 7.60. The topological polar surface area (TPSA) is 43.1 Å². The van der Waals surface area contributed by atoms with Crippen molar-refractivity contribution >= 4 is 29.3 Å². The van der Waals surface area contributed by atoms with Crippen LogP contribution in [-0.4, -0.2) is 11.7 Å². The molecule has 0 spiro atoms. The quantitative estimate of drug-likeness (QED) is 0.623. The molecule has 1 aromatic rings. The van der Waals surface area contributed by atoms with Gasteiger partial charge >= 0.3 is 0 Å². The Labute approximate surface area is 92.8 Å². The minimum atomic E-state index is -0.246. The lowest BCUT2D eigenvalue weighted by molar-refractivity contribution is -0.118. The second-order valence-electron chi connectivity index (χ2n) is 2.85. The van der Waals surface area contributed by atoms with Crippen LogP contribution in [0.15, 0.2) is 29.2 Å². The lowest BCUT2D eigenvalue weighted by Gasteiger charge is -2.02. The summed E-state index contributed by atoms with van der Waals surface area (Å²) in [4.78, 5) is 11.5. The van der Waals surface area contributed by atoms with E-state index in [1.54, 1.807) is 11.8 Å². The molecule has 2 nitrogen and oxygen atoms in total. The third-order valence-corrected chi connectivity index (χ3v) is 3.26. The van der Waals surface area contributed by atoms with Crippen molar-refractivity contribution in [3.05, 3.63) is 29.3 Å². The molecule has 0 unspecified atom stereocenters. The predicted molar refractivity (Wildman–Crippen MR) is 60.6 cm³/mol. The number of benzene rings is 1. The van der Waals surface area contributed by atoms with Gasteiger partial charge in [0.05, 0.1) is 5.02 Å². The van der Waals surface area contributed by atoms with Crippen molar-refractivity contribution in [3.8, 4) is 0 Å². The van der Waals surface area contributed by atoms with E-state index in [-0.39, 0.29) is 5.91 Å². The Hall–Kier alpha value is -0.670. The Kier molecular flexibility index (Phi) is 4.84. The third kappa shape index (κ3) is 4.03. The molecule has 0 fully saturated rings. The number of primary amides is 1. The lowest BCUT2D eigenvalue weighted by atomic mass is 10.3. The number of hydrogen-bond donors (Lipinski definition) is 1. The van der Waals surface area contributed by atoms with Crippen LogP contribution in [0.3, 0.4) is 0 Å². The van der Waals surface area contributed by atoms with Gasteiger partial charge < -0.3 is 5.73 Å². The van der Waals surface area contributed by atoms with Gasteiger partial charge in [-0.25, -0.2) is 0 Å². The monoisotopic (exact) mass is 229 g/mol. The first kappa shape index (κ1) is 11.4. The fourth-order valence-electron chi connectivity index (χ4n) is 0.990. The zero-order valence-electron chi connectivity index (χ0n) is 7.70. The molecule has 0 aromatic heterocycles. The van der Waals surface area contributed by atoms with Gasteiger partial charge in [-0.1, -0.05) is 23.7 Å².